The van der Waals surface area contributed by atoms with Gasteiger partial charge in [0.05, 0.1) is 13.2 Å². The van der Waals surface area contributed by atoms with Gasteiger partial charge in [0.2, 0.25) is 0 Å². The molecule has 0 atom stereocenters. The van der Waals surface area contributed by atoms with Gasteiger partial charge in [-0.1, -0.05) is 6.07 Å². The van der Waals surface area contributed by atoms with Gasteiger partial charge in [0, 0.05) is 57.7 Å². The molecular weight excluding hydrogens is 517 g/mol. The van der Waals surface area contributed by atoms with Gasteiger partial charge in [-0.3, -0.25) is 0 Å². The summed E-state index contributed by atoms with van der Waals surface area (Å²) in [6, 6.07) is 12.1. The fraction of sp³-hybridized carbons (Fsp3) is 0.500. The van der Waals surface area contributed by atoms with Crippen LogP contribution in [0.5, 0.6) is 5.75 Å². The number of hydrogen-bond donors (Lipinski definition) is 2. The number of piperidine rings is 1. The van der Waals surface area contributed by atoms with Crippen LogP contribution in [0.4, 0.5) is 11.5 Å². The average molecular weight is 553 g/mol. The average Bonchev–Trinajstić information content (AvgIpc) is 2.81. The maximum absolute atomic E-state index is 5.80. The first-order valence-corrected chi connectivity index (χ1v) is 11.3. The molecule has 0 radical (unpaired) electrons. The molecule has 2 aromatic rings. The first-order valence-electron chi connectivity index (χ1n) is 11.3. The van der Waals surface area contributed by atoms with E-state index in [-0.39, 0.29) is 24.0 Å². The Morgan fingerprint density at radius 3 is 2.75 bits per heavy atom. The number of nitrogens with zero attached hydrogens (tertiary/aromatic N) is 3. The van der Waals surface area contributed by atoms with E-state index in [1.807, 2.05) is 36.5 Å². The molecule has 2 heterocycles. The third-order valence-electron chi connectivity index (χ3n) is 5.11. The number of methoxy groups -OCH3 is 1. The van der Waals surface area contributed by atoms with E-state index in [9.17, 15) is 0 Å². The molecule has 1 fully saturated rings. The Morgan fingerprint density at radius 2 is 1.97 bits per heavy atom. The molecule has 1 aromatic heterocycles. The summed E-state index contributed by atoms with van der Waals surface area (Å²) in [4.78, 5) is 11.7. The molecule has 176 valence electrons. The molecule has 0 unspecified atom stereocenters. The molecule has 1 aliphatic rings. The maximum atomic E-state index is 5.80. The van der Waals surface area contributed by atoms with Crippen molar-refractivity contribution < 1.29 is 9.47 Å². The number of hydrogen-bond acceptors (Lipinski definition) is 5. The van der Waals surface area contributed by atoms with Crippen molar-refractivity contribution in [2.75, 3.05) is 50.2 Å². The van der Waals surface area contributed by atoms with Gasteiger partial charge in [0.1, 0.15) is 11.6 Å². The highest BCUT2D eigenvalue weighted by Gasteiger charge is 2.12. The molecule has 8 heteroatoms. The molecule has 0 saturated carbocycles. The number of benzene rings is 1. The van der Waals surface area contributed by atoms with E-state index in [2.05, 4.69) is 33.5 Å². The van der Waals surface area contributed by atoms with Crippen molar-refractivity contribution in [2.24, 2.45) is 4.99 Å². The predicted molar refractivity (Wildman–Crippen MR) is 143 cm³/mol. The molecule has 1 aliphatic heterocycles. The summed E-state index contributed by atoms with van der Waals surface area (Å²) in [5.74, 6) is 2.64. The van der Waals surface area contributed by atoms with Crippen molar-refractivity contribution in [2.45, 2.75) is 39.2 Å². The monoisotopic (exact) mass is 553 g/mol. The lowest BCUT2D eigenvalue weighted by atomic mass is 10.1. The van der Waals surface area contributed by atoms with Crippen LogP contribution < -0.4 is 20.3 Å². The van der Waals surface area contributed by atoms with E-state index in [0.717, 1.165) is 54.8 Å². The number of guanidine groups is 1. The van der Waals surface area contributed by atoms with Crippen molar-refractivity contribution >= 4 is 41.4 Å². The van der Waals surface area contributed by atoms with Crippen molar-refractivity contribution in [3.63, 3.8) is 0 Å². The Kier molecular flexibility index (Phi) is 12.2. The van der Waals surface area contributed by atoms with Gasteiger partial charge >= 0.3 is 0 Å². The number of nitrogens with one attached hydrogen (secondary N) is 2. The summed E-state index contributed by atoms with van der Waals surface area (Å²) in [6.07, 6.45) is 6.56. The van der Waals surface area contributed by atoms with Crippen LogP contribution in [-0.4, -0.2) is 50.9 Å². The number of aromatic nitrogens is 1. The van der Waals surface area contributed by atoms with Crippen LogP contribution in [-0.2, 0) is 11.3 Å². The van der Waals surface area contributed by atoms with E-state index in [1.165, 1.54) is 19.3 Å². The molecule has 0 spiro atoms. The molecular formula is C24H36IN5O2. The third-order valence-corrected chi connectivity index (χ3v) is 5.11. The Labute approximate surface area is 209 Å². The zero-order chi connectivity index (χ0) is 21.7. The molecule has 32 heavy (non-hydrogen) atoms. The van der Waals surface area contributed by atoms with Crippen molar-refractivity contribution in [3.8, 4) is 5.75 Å². The largest absolute Gasteiger partial charge is 0.493 e. The van der Waals surface area contributed by atoms with Gasteiger partial charge in [-0.2, -0.15) is 0 Å². The second-order valence-corrected chi connectivity index (χ2v) is 7.61. The Hall–Kier alpha value is -2.07. The van der Waals surface area contributed by atoms with Crippen LogP contribution in [0.3, 0.4) is 0 Å². The third kappa shape index (κ3) is 8.82. The number of anilines is 2. The maximum Gasteiger partial charge on any atom is 0.196 e. The highest BCUT2D eigenvalue weighted by molar-refractivity contribution is 14.0. The van der Waals surface area contributed by atoms with E-state index in [1.54, 1.807) is 7.11 Å². The number of pyridine rings is 1. The van der Waals surface area contributed by atoms with Gasteiger partial charge < -0.3 is 25.0 Å². The van der Waals surface area contributed by atoms with Crippen LogP contribution in [0, 0.1) is 0 Å². The van der Waals surface area contributed by atoms with Crippen molar-refractivity contribution in [1.29, 1.82) is 0 Å². The zero-order valence-corrected chi connectivity index (χ0v) is 21.5. The molecule has 2 N–H and O–H groups in total. The molecule has 3 rings (SSSR count). The summed E-state index contributed by atoms with van der Waals surface area (Å²) < 4.78 is 10.9. The van der Waals surface area contributed by atoms with Crippen molar-refractivity contribution in [1.82, 2.24) is 10.3 Å². The standard InChI is InChI=1S/C24H35N5O2.HI/c1-3-25-24(28-21-9-7-10-22(18-21)31-16-8-15-30-2)27-19-20-11-12-26-23(17-20)29-13-5-4-6-14-29;/h7,9-12,17-18H,3-6,8,13-16,19H2,1-2H3,(H2,25,27,28);1H. The molecule has 1 aromatic carbocycles. The Bertz CT molecular complexity index is 828. The quantitative estimate of drug-likeness (QED) is 0.193. The predicted octanol–water partition coefficient (Wildman–Crippen LogP) is 4.68. The fourth-order valence-corrected chi connectivity index (χ4v) is 3.53. The van der Waals surface area contributed by atoms with E-state index < -0.39 is 0 Å². The lowest BCUT2D eigenvalue weighted by Gasteiger charge is -2.27. The number of ether oxygens (including phenoxy) is 2. The minimum atomic E-state index is 0. The lowest BCUT2D eigenvalue weighted by molar-refractivity contribution is 0.172. The number of rotatable bonds is 10. The highest BCUT2D eigenvalue weighted by Crippen LogP contribution is 2.19. The van der Waals surface area contributed by atoms with Gasteiger partial charge in [-0.05, 0) is 56.0 Å². The smallest absolute Gasteiger partial charge is 0.196 e. The second-order valence-electron chi connectivity index (χ2n) is 7.61. The summed E-state index contributed by atoms with van der Waals surface area (Å²) in [5.41, 5.74) is 2.09. The topological polar surface area (TPSA) is 71.0 Å². The molecule has 0 aliphatic carbocycles. The van der Waals surface area contributed by atoms with Crippen LogP contribution in [0.15, 0.2) is 47.6 Å². The fourth-order valence-electron chi connectivity index (χ4n) is 3.53. The van der Waals surface area contributed by atoms with Gasteiger partial charge in [0.25, 0.3) is 0 Å². The van der Waals surface area contributed by atoms with Gasteiger partial charge in [-0.15, -0.1) is 24.0 Å². The van der Waals surface area contributed by atoms with Crippen molar-refractivity contribution in [3.05, 3.63) is 48.2 Å². The zero-order valence-electron chi connectivity index (χ0n) is 19.2. The van der Waals surface area contributed by atoms with Gasteiger partial charge in [-0.25, -0.2) is 9.98 Å². The molecule has 0 bridgehead atoms. The highest BCUT2D eigenvalue weighted by atomic mass is 127. The number of aliphatic imine (C=N–C) groups is 1. The lowest BCUT2D eigenvalue weighted by Crippen LogP contribution is -2.31. The van der Waals surface area contributed by atoms with E-state index >= 15 is 0 Å². The summed E-state index contributed by atoms with van der Waals surface area (Å²) in [7, 11) is 1.70. The summed E-state index contributed by atoms with van der Waals surface area (Å²) in [6.45, 7) is 6.95. The van der Waals surface area contributed by atoms with Crippen LogP contribution in [0.1, 0.15) is 38.2 Å². The van der Waals surface area contributed by atoms with E-state index in [4.69, 9.17) is 14.5 Å². The SMILES string of the molecule is CCNC(=NCc1ccnc(N2CCCCC2)c1)Nc1cccc(OCCCOC)c1.I. The van der Waals surface area contributed by atoms with Crippen LogP contribution in [0.2, 0.25) is 0 Å². The van der Waals surface area contributed by atoms with Crippen LogP contribution in [0.25, 0.3) is 0 Å². The normalized spacial score (nSPS) is 13.9. The Balaban J connectivity index is 0.00000363. The number of halogens is 1. The summed E-state index contributed by atoms with van der Waals surface area (Å²) in [5, 5.41) is 6.69. The van der Waals surface area contributed by atoms with Gasteiger partial charge in [0.15, 0.2) is 5.96 Å². The second kappa shape index (κ2) is 14.9. The summed E-state index contributed by atoms with van der Waals surface area (Å²) >= 11 is 0. The Morgan fingerprint density at radius 1 is 1.12 bits per heavy atom. The van der Waals surface area contributed by atoms with Crippen LogP contribution >= 0.6 is 24.0 Å². The van der Waals surface area contributed by atoms with E-state index in [0.29, 0.717) is 19.8 Å². The molecule has 1 saturated heterocycles. The first-order chi connectivity index (χ1) is 15.3. The molecule has 7 nitrogen and oxygen atoms in total. The first kappa shape index (κ1) is 26.2. The minimum absolute atomic E-state index is 0. The minimum Gasteiger partial charge on any atom is -0.493 e. The molecule has 0 amide bonds.